The molecule has 0 N–H and O–H groups in total. The molecule has 1 aliphatic heterocycles. The first-order chi connectivity index (χ1) is 11.1. The maximum atomic E-state index is 12.6. The minimum absolute atomic E-state index is 0.204. The Hall–Kier alpha value is -2.01. The summed E-state index contributed by atoms with van der Waals surface area (Å²) in [5.41, 5.74) is 1.07. The molecule has 1 saturated heterocycles. The number of fused-ring (bicyclic) bond motifs is 1. The van der Waals surface area contributed by atoms with Gasteiger partial charge >= 0.3 is 0 Å². The smallest absolute Gasteiger partial charge is 0.242 e. The number of likely N-dealkylation sites (tertiary alicyclic amines) is 1. The molecule has 0 unspecified atom stereocenters. The van der Waals surface area contributed by atoms with E-state index in [2.05, 4.69) is 19.0 Å². The molecule has 0 saturated carbocycles. The van der Waals surface area contributed by atoms with Crippen molar-refractivity contribution in [3.63, 3.8) is 0 Å². The van der Waals surface area contributed by atoms with Crippen LogP contribution in [0.3, 0.4) is 0 Å². The monoisotopic (exact) mass is 315 g/mol. The number of aromatic nitrogens is 1. The van der Waals surface area contributed by atoms with E-state index in [9.17, 15) is 4.79 Å². The van der Waals surface area contributed by atoms with Crippen LogP contribution in [0, 0.1) is 0 Å². The Bertz CT molecular complexity index is 685. The molecule has 0 aliphatic carbocycles. The summed E-state index contributed by atoms with van der Waals surface area (Å²) in [5, 5.41) is 1.10. The van der Waals surface area contributed by atoms with E-state index in [1.165, 1.54) is 0 Å². The zero-order valence-electron chi connectivity index (χ0n) is 14.2. The number of rotatable bonds is 4. The Morgan fingerprint density at radius 3 is 2.65 bits per heavy atom. The third-order valence-electron chi connectivity index (χ3n) is 4.83. The normalized spacial score (nSPS) is 16.3. The van der Waals surface area contributed by atoms with Crippen LogP contribution in [0.15, 0.2) is 30.5 Å². The number of methoxy groups -OCH3 is 1. The van der Waals surface area contributed by atoms with Crippen LogP contribution in [0.2, 0.25) is 0 Å². The zero-order valence-corrected chi connectivity index (χ0v) is 14.2. The summed E-state index contributed by atoms with van der Waals surface area (Å²) < 4.78 is 7.27. The van der Waals surface area contributed by atoms with Crippen LogP contribution >= 0.6 is 0 Å². The number of nitrogens with zero attached hydrogens (tertiary/aromatic N) is 3. The lowest BCUT2D eigenvalue weighted by atomic mass is 10.0. The third kappa shape index (κ3) is 3.34. The summed E-state index contributed by atoms with van der Waals surface area (Å²) in [4.78, 5) is 16.8. The molecular weight excluding hydrogens is 290 g/mol. The van der Waals surface area contributed by atoms with Crippen LogP contribution in [-0.2, 0) is 11.3 Å². The van der Waals surface area contributed by atoms with Crippen LogP contribution in [0.5, 0.6) is 5.75 Å². The number of amides is 1. The lowest BCUT2D eigenvalue weighted by Gasteiger charge is -2.35. The van der Waals surface area contributed by atoms with Gasteiger partial charge in [0, 0.05) is 36.2 Å². The maximum absolute atomic E-state index is 12.6. The number of carbonyl (C=O) groups is 1. The number of ether oxygens (including phenoxy) is 1. The van der Waals surface area contributed by atoms with Crippen LogP contribution in [0.25, 0.3) is 10.9 Å². The molecule has 5 nitrogen and oxygen atoms in total. The Balaban J connectivity index is 1.67. The lowest BCUT2D eigenvalue weighted by molar-refractivity contribution is -0.133. The van der Waals surface area contributed by atoms with E-state index in [0.29, 0.717) is 12.6 Å². The second-order valence-electron chi connectivity index (χ2n) is 6.44. The minimum atomic E-state index is 0.204. The van der Waals surface area contributed by atoms with E-state index in [-0.39, 0.29) is 5.91 Å². The van der Waals surface area contributed by atoms with E-state index in [1.807, 2.05) is 39.9 Å². The molecule has 1 amide bonds. The molecule has 124 valence electrons. The van der Waals surface area contributed by atoms with Gasteiger partial charge in [0.1, 0.15) is 12.3 Å². The fraction of sp³-hybridized carbons (Fsp3) is 0.500. The highest BCUT2D eigenvalue weighted by atomic mass is 16.5. The van der Waals surface area contributed by atoms with Gasteiger partial charge in [-0.05, 0) is 51.2 Å². The van der Waals surface area contributed by atoms with Crippen molar-refractivity contribution in [3.05, 3.63) is 30.5 Å². The molecule has 23 heavy (non-hydrogen) atoms. The van der Waals surface area contributed by atoms with Gasteiger partial charge in [0.05, 0.1) is 7.11 Å². The van der Waals surface area contributed by atoms with Crippen molar-refractivity contribution in [1.29, 1.82) is 0 Å². The second-order valence-corrected chi connectivity index (χ2v) is 6.44. The van der Waals surface area contributed by atoms with Gasteiger partial charge in [-0.1, -0.05) is 0 Å². The standard InChI is InChI=1S/C18H25N3O2/c1-19(2)15-7-10-20(11-8-15)18(22)13-21-9-6-14-12-16(23-3)4-5-17(14)21/h4-6,9,12,15H,7-8,10-11,13H2,1-3H3. The van der Waals surface area contributed by atoms with Crippen molar-refractivity contribution in [2.75, 3.05) is 34.3 Å². The molecule has 0 radical (unpaired) electrons. The number of piperidine rings is 1. The molecular formula is C18H25N3O2. The van der Waals surface area contributed by atoms with Crippen LogP contribution in [0.4, 0.5) is 0 Å². The number of hydrogen-bond donors (Lipinski definition) is 0. The highest BCUT2D eigenvalue weighted by Gasteiger charge is 2.24. The Kier molecular flexibility index (Phi) is 4.57. The molecule has 1 aromatic carbocycles. The Morgan fingerprint density at radius 1 is 1.26 bits per heavy atom. The molecule has 5 heteroatoms. The average Bonchev–Trinajstić information content (AvgIpc) is 2.97. The Morgan fingerprint density at radius 2 is 2.00 bits per heavy atom. The molecule has 2 aromatic rings. The highest BCUT2D eigenvalue weighted by molar-refractivity contribution is 5.84. The van der Waals surface area contributed by atoms with E-state index < -0.39 is 0 Å². The van der Waals surface area contributed by atoms with Gasteiger partial charge in [0.15, 0.2) is 0 Å². The largest absolute Gasteiger partial charge is 0.497 e. The predicted octanol–water partition coefficient (Wildman–Crippen LogP) is 2.20. The van der Waals surface area contributed by atoms with E-state index in [4.69, 9.17) is 4.74 Å². The summed E-state index contributed by atoms with van der Waals surface area (Å²) in [6.07, 6.45) is 4.10. The average molecular weight is 315 g/mol. The molecule has 1 aliphatic rings. The van der Waals surface area contributed by atoms with E-state index in [1.54, 1.807) is 7.11 Å². The fourth-order valence-electron chi connectivity index (χ4n) is 3.32. The van der Waals surface area contributed by atoms with Gasteiger partial charge < -0.3 is 19.1 Å². The number of hydrogen-bond acceptors (Lipinski definition) is 3. The van der Waals surface area contributed by atoms with Crippen molar-refractivity contribution >= 4 is 16.8 Å². The molecule has 1 aromatic heterocycles. The maximum Gasteiger partial charge on any atom is 0.242 e. The van der Waals surface area contributed by atoms with Crippen molar-refractivity contribution in [1.82, 2.24) is 14.4 Å². The van der Waals surface area contributed by atoms with E-state index >= 15 is 0 Å². The van der Waals surface area contributed by atoms with Crippen LogP contribution < -0.4 is 4.74 Å². The van der Waals surface area contributed by atoms with Crippen molar-refractivity contribution in [2.24, 2.45) is 0 Å². The summed E-state index contributed by atoms with van der Waals surface area (Å²) >= 11 is 0. The third-order valence-corrected chi connectivity index (χ3v) is 4.83. The predicted molar refractivity (Wildman–Crippen MR) is 91.8 cm³/mol. The molecule has 3 rings (SSSR count). The van der Waals surface area contributed by atoms with Gasteiger partial charge in [-0.2, -0.15) is 0 Å². The summed E-state index contributed by atoms with van der Waals surface area (Å²) in [6.45, 7) is 2.12. The van der Waals surface area contributed by atoms with Crippen LogP contribution in [0.1, 0.15) is 12.8 Å². The van der Waals surface area contributed by atoms with Crippen molar-refractivity contribution < 1.29 is 9.53 Å². The quantitative estimate of drug-likeness (QED) is 0.868. The fourth-order valence-corrected chi connectivity index (χ4v) is 3.32. The summed E-state index contributed by atoms with van der Waals surface area (Å²) in [5.74, 6) is 1.04. The van der Waals surface area contributed by atoms with Crippen molar-refractivity contribution in [3.8, 4) is 5.75 Å². The topological polar surface area (TPSA) is 37.7 Å². The molecule has 2 heterocycles. The molecule has 0 atom stereocenters. The Labute approximate surface area is 137 Å². The minimum Gasteiger partial charge on any atom is -0.497 e. The molecule has 1 fully saturated rings. The van der Waals surface area contributed by atoms with Gasteiger partial charge in [-0.25, -0.2) is 0 Å². The van der Waals surface area contributed by atoms with Gasteiger partial charge in [0.2, 0.25) is 5.91 Å². The van der Waals surface area contributed by atoms with E-state index in [0.717, 1.165) is 42.6 Å². The molecule has 0 bridgehead atoms. The summed E-state index contributed by atoms with van der Waals surface area (Å²) in [6, 6.07) is 8.58. The highest BCUT2D eigenvalue weighted by Crippen LogP contribution is 2.22. The van der Waals surface area contributed by atoms with Crippen LogP contribution in [-0.4, -0.2) is 60.6 Å². The second kappa shape index (κ2) is 6.62. The lowest BCUT2D eigenvalue weighted by Crippen LogP contribution is -2.45. The van der Waals surface area contributed by atoms with Gasteiger partial charge in [0.25, 0.3) is 0 Å². The first-order valence-corrected chi connectivity index (χ1v) is 8.15. The number of carbonyl (C=O) groups excluding carboxylic acids is 1. The number of benzene rings is 1. The zero-order chi connectivity index (χ0) is 16.4. The van der Waals surface area contributed by atoms with Gasteiger partial charge in [-0.3, -0.25) is 4.79 Å². The first-order valence-electron chi connectivity index (χ1n) is 8.15. The summed E-state index contributed by atoms with van der Waals surface area (Å²) in [7, 11) is 5.89. The molecule has 0 spiro atoms. The first kappa shape index (κ1) is 15.9. The van der Waals surface area contributed by atoms with Crippen molar-refractivity contribution in [2.45, 2.75) is 25.4 Å². The SMILES string of the molecule is COc1ccc2c(ccn2CC(=O)N2CCC(N(C)C)CC2)c1. The van der Waals surface area contributed by atoms with Gasteiger partial charge in [-0.15, -0.1) is 0 Å².